The second-order valence-corrected chi connectivity index (χ2v) is 4.89. The monoisotopic (exact) mass is 327 g/mol. The van der Waals surface area contributed by atoms with Gasteiger partial charge in [0.25, 0.3) is 5.69 Å². The molecule has 0 saturated carbocycles. The van der Waals surface area contributed by atoms with Crippen molar-refractivity contribution in [3.8, 4) is 0 Å². The maximum atomic E-state index is 11.1. The third-order valence-electron chi connectivity index (χ3n) is 2.79. The molecule has 8 heteroatoms. The minimum Gasteiger partial charge on any atom is -0.480 e. The molecule has 1 unspecified atom stereocenters. The number of halogens is 1. The molecule has 0 fully saturated rings. The van der Waals surface area contributed by atoms with Crippen molar-refractivity contribution in [1.82, 2.24) is 4.98 Å². The molecule has 0 bridgehead atoms. The molecule has 0 aliphatic heterocycles. The zero-order chi connectivity index (χ0) is 14.2. The third-order valence-corrected chi connectivity index (χ3v) is 3.43. The Hall–Kier alpha value is -1.93. The Morgan fingerprint density at radius 2 is 2.26 bits per heavy atom. The molecule has 0 radical (unpaired) electrons. The number of carboxylic acids is 1. The lowest BCUT2D eigenvalue weighted by molar-refractivity contribution is -0.383. The molecule has 0 amide bonds. The Labute approximate surface area is 115 Å². The molecular weight excluding hydrogens is 318 g/mol. The van der Waals surface area contributed by atoms with Crippen LogP contribution in [0.25, 0.3) is 10.9 Å². The van der Waals surface area contributed by atoms with Gasteiger partial charge in [-0.25, -0.2) is 0 Å². The summed E-state index contributed by atoms with van der Waals surface area (Å²) in [4.78, 5) is 24.3. The van der Waals surface area contributed by atoms with Crippen LogP contribution in [0.4, 0.5) is 5.69 Å². The van der Waals surface area contributed by atoms with E-state index in [1.165, 1.54) is 0 Å². The minimum absolute atomic E-state index is 0.0205. The first-order chi connectivity index (χ1) is 8.91. The number of fused-ring (bicyclic) bond motifs is 1. The minimum atomic E-state index is -1.15. The lowest BCUT2D eigenvalue weighted by atomic mass is 10.0. The van der Waals surface area contributed by atoms with Crippen molar-refractivity contribution in [3.05, 3.63) is 38.5 Å². The zero-order valence-electron chi connectivity index (χ0n) is 9.59. The Balaban J connectivity index is 2.60. The first-order valence-corrected chi connectivity index (χ1v) is 6.12. The maximum absolute atomic E-state index is 11.1. The summed E-state index contributed by atoms with van der Waals surface area (Å²) < 4.78 is 0.342. The van der Waals surface area contributed by atoms with Crippen molar-refractivity contribution in [1.29, 1.82) is 0 Å². The summed E-state index contributed by atoms with van der Waals surface area (Å²) in [5, 5.41) is 20.3. The highest BCUT2D eigenvalue weighted by Crippen LogP contribution is 2.35. The van der Waals surface area contributed by atoms with Gasteiger partial charge in [0.15, 0.2) is 0 Å². The second kappa shape index (κ2) is 4.98. The molecule has 2 aromatic rings. The highest BCUT2D eigenvalue weighted by Gasteiger charge is 2.23. The molecule has 0 saturated heterocycles. The molecule has 1 atom stereocenters. The van der Waals surface area contributed by atoms with Crippen LogP contribution in [0.2, 0.25) is 0 Å². The summed E-state index contributed by atoms with van der Waals surface area (Å²) in [6.07, 6.45) is 1.57. The van der Waals surface area contributed by atoms with Gasteiger partial charge in [-0.15, -0.1) is 0 Å². The average Bonchev–Trinajstić information content (AvgIpc) is 2.71. The van der Waals surface area contributed by atoms with Crippen LogP contribution >= 0.6 is 15.9 Å². The number of nitro benzene ring substituents is 1. The number of nitrogens with one attached hydrogen (secondary N) is 1. The highest BCUT2D eigenvalue weighted by atomic mass is 79.9. The van der Waals surface area contributed by atoms with Gasteiger partial charge >= 0.3 is 5.97 Å². The van der Waals surface area contributed by atoms with E-state index in [0.29, 0.717) is 20.9 Å². The van der Waals surface area contributed by atoms with Crippen LogP contribution in [-0.2, 0) is 11.2 Å². The smallest absolute Gasteiger partial charge is 0.320 e. The van der Waals surface area contributed by atoms with Crippen LogP contribution in [0, 0.1) is 10.1 Å². The van der Waals surface area contributed by atoms with Gasteiger partial charge in [-0.2, -0.15) is 0 Å². The molecule has 1 heterocycles. The predicted octanol–water partition coefficient (Wildman–Crippen LogP) is 1.79. The van der Waals surface area contributed by atoms with E-state index in [1.54, 1.807) is 18.3 Å². The first kappa shape index (κ1) is 13.5. The molecule has 2 rings (SSSR count). The second-order valence-electron chi connectivity index (χ2n) is 4.04. The van der Waals surface area contributed by atoms with Crippen molar-refractivity contribution in [2.75, 3.05) is 0 Å². The van der Waals surface area contributed by atoms with Crippen LogP contribution in [0.15, 0.2) is 22.8 Å². The van der Waals surface area contributed by atoms with Crippen molar-refractivity contribution in [2.45, 2.75) is 12.5 Å². The molecule has 0 aliphatic rings. The number of rotatable bonds is 4. The molecular formula is C11H10BrN3O4. The summed E-state index contributed by atoms with van der Waals surface area (Å²) in [5.41, 5.74) is 6.46. The number of nitro groups is 1. The van der Waals surface area contributed by atoms with Gasteiger partial charge in [-0.1, -0.05) is 0 Å². The van der Waals surface area contributed by atoms with Crippen molar-refractivity contribution < 1.29 is 14.8 Å². The van der Waals surface area contributed by atoms with E-state index >= 15 is 0 Å². The van der Waals surface area contributed by atoms with Gasteiger partial charge in [0, 0.05) is 12.6 Å². The Morgan fingerprint density at radius 3 is 2.84 bits per heavy atom. The number of nitrogens with two attached hydrogens (primary N) is 1. The lowest BCUT2D eigenvalue weighted by Gasteiger charge is -2.05. The summed E-state index contributed by atoms with van der Waals surface area (Å²) in [6, 6.07) is 2.15. The van der Waals surface area contributed by atoms with Gasteiger partial charge in [0.05, 0.1) is 20.3 Å². The van der Waals surface area contributed by atoms with Crippen LogP contribution in [0.3, 0.4) is 0 Å². The van der Waals surface area contributed by atoms with Gasteiger partial charge in [-0.05, 0) is 33.6 Å². The largest absolute Gasteiger partial charge is 0.480 e. The lowest BCUT2D eigenvalue weighted by Crippen LogP contribution is -2.32. The maximum Gasteiger partial charge on any atom is 0.320 e. The van der Waals surface area contributed by atoms with Crippen molar-refractivity contribution >= 4 is 38.5 Å². The predicted molar refractivity (Wildman–Crippen MR) is 72.0 cm³/mol. The standard InChI is InChI=1S/C11H10BrN3O4/c12-6-1-2-8-9(10(6)15(18)19)5(4-14-8)3-7(13)11(16)17/h1-2,4,7,14H,3,13H2,(H,16,17). The number of aliphatic carboxylic acids is 1. The number of H-pyrrole nitrogens is 1. The van der Waals surface area contributed by atoms with E-state index in [9.17, 15) is 14.9 Å². The van der Waals surface area contributed by atoms with Gasteiger partial charge in [0.2, 0.25) is 0 Å². The number of carbonyl (C=O) groups is 1. The molecule has 100 valence electrons. The number of benzene rings is 1. The number of hydrogen-bond donors (Lipinski definition) is 3. The average molecular weight is 328 g/mol. The number of aromatic nitrogens is 1. The van der Waals surface area contributed by atoms with E-state index < -0.39 is 16.9 Å². The van der Waals surface area contributed by atoms with E-state index in [-0.39, 0.29) is 12.1 Å². The fourth-order valence-electron chi connectivity index (χ4n) is 1.91. The summed E-state index contributed by atoms with van der Waals surface area (Å²) in [7, 11) is 0. The molecule has 4 N–H and O–H groups in total. The third kappa shape index (κ3) is 2.45. The SMILES string of the molecule is NC(Cc1c[nH]c2ccc(Br)c([N+](=O)[O-])c12)C(=O)O. The van der Waals surface area contributed by atoms with E-state index in [4.69, 9.17) is 10.8 Å². The number of nitrogens with zero attached hydrogens (tertiary/aromatic N) is 1. The first-order valence-electron chi connectivity index (χ1n) is 5.33. The van der Waals surface area contributed by atoms with E-state index in [2.05, 4.69) is 20.9 Å². The topological polar surface area (TPSA) is 122 Å². The van der Waals surface area contributed by atoms with E-state index in [0.717, 1.165) is 0 Å². The summed E-state index contributed by atoms with van der Waals surface area (Å²) in [5.74, 6) is -1.15. The normalized spacial score (nSPS) is 12.5. The van der Waals surface area contributed by atoms with Crippen molar-refractivity contribution in [2.24, 2.45) is 5.73 Å². The molecule has 1 aromatic heterocycles. The van der Waals surface area contributed by atoms with Crippen LogP contribution in [-0.4, -0.2) is 27.0 Å². The van der Waals surface area contributed by atoms with Crippen molar-refractivity contribution in [3.63, 3.8) is 0 Å². The van der Waals surface area contributed by atoms with Gasteiger partial charge in [-0.3, -0.25) is 14.9 Å². The molecule has 19 heavy (non-hydrogen) atoms. The number of aromatic amines is 1. The Kier molecular flexibility index (Phi) is 3.54. The fourth-order valence-corrected chi connectivity index (χ4v) is 2.39. The zero-order valence-corrected chi connectivity index (χ0v) is 11.2. The van der Waals surface area contributed by atoms with Crippen LogP contribution in [0.1, 0.15) is 5.56 Å². The quantitative estimate of drug-likeness (QED) is 0.583. The van der Waals surface area contributed by atoms with Gasteiger partial charge < -0.3 is 15.8 Å². The molecule has 0 spiro atoms. The highest BCUT2D eigenvalue weighted by molar-refractivity contribution is 9.10. The summed E-state index contributed by atoms with van der Waals surface area (Å²) >= 11 is 3.13. The fraction of sp³-hybridized carbons (Fsp3) is 0.182. The van der Waals surface area contributed by atoms with Gasteiger partial charge in [0.1, 0.15) is 6.04 Å². The molecule has 7 nitrogen and oxygen atoms in total. The summed E-state index contributed by atoms with van der Waals surface area (Å²) in [6.45, 7) is 0. The molecule has 1 aromatic carbocycles. The Morgan fingerprint density at radius 1 is 1.58 bits per heavy atom. The Bertz CT molecular complexity index is 667. The van der Waals surface area contributed by atoms with Crippen LogP contribution < -0.4 is 5.73 Å². The number of carboxylic acid groups (broad SMARTS) is 1. The number of hydrogen-bond acceptors (Lipinski definition) is 4. The van der Waals surface area contributed by atoms with Crippen LogP contribution in [0.5, 0.6) is 0 Å². The molecule has 0 aliphatic carbocycles. The van der Waals surface area contributed by atoms with E-state index in [1.807, 2.05) is 0 Å².